The molecule has 104 valence electrons. The van der Waals surface area contributed by atoms with E-state index in [0.29, 0.717) is 34.7 Å². The van der Waals surface area contributed by atoms with Crippen LogP contribution in [0, 0.1) is 5.41 Å². The Morgan fingerprint density at radius 1 is 1.50 bits per heavy atom. The van der Waals surface area contributed by atoms with Gasteiger partial charge in [-0.3, -0.25) is 10.1 Å². The zero-order chi connectivity index (χ0) is 14.5. The molecule has 0 aliphatic carbocycles. The van der Waals surface area contributed by atoms with Crippen molar-refractivity contribution in [2.45, 2.75) is 0 Å². The van der Waals surface area contributed by atoms with Gasteiger partial charge in [-0.2, -0.15) is 0 Å². The van der Waals surface area contributed by atoms with Crippen LogP contribution in [0.4, 0.5) is 5.95 Å². The number of benzene rings is 1. The largest absolute Gasteiger partial charge is 0.494 e. The lowest BCUT2D eigenvalue weighted by atomic mass is 10.1. The number of aromatic amines is 1. The normalized spacial score (nSPS) is 11.2. The minimum absolute atomic E-state index is 0.328. The molecular weight excluding hydrogens is 258 g/mol. The Bertz CT molecular complexity index is 675. The third-order valence-corrected chi connectivity index (χ3v) is 2.79. The summed E-state index contributed by atoms with van der Waals surface area (Å²) >= 11 is 0. The topological polar surface area (TPSA) is 103 Å². The molecule has 1 aromatic heterocycles. The van der Waals surface area contributed by atoms with E-state index in [1.807, 2.05) is 6.07 Å². The summed E-state index contributed by atoms with van der Waals surface area (Å²) in [4.78, 5) is 17.8. The molecule has 4 N–H and O–H groups in total. The number of anilines is 1. The Hall–Kier alpha value is -2.83. The van der Waals surface area contributed by atoms with E-state index in [1.54, 1.807) is 26.4 Å². The average molecular weight is 273 g/mol. The number of aromatic nitrogens is 2. The highest BCUT2D eigenvalue weighted by Crippen LogP contribution is 2.30. The molecule has 0 saturated heterocycles. The van der Waals surface area contributed by atoms with Gasteiger partial charge in [0.2, 0.25) is 12.4 Å². The summed E-state index contributed by atoms with van der Waals surface area (Å²) in [6.07, 6.45) is 3.49. The van der Waals surface area contributed by atoms with Gasteiger partial charge in [-0.1, -0.05) is 0 Å². The van der Waals surface area contributed by atoms with Crippen molar-refractivity contribution in [3.05, 3.63) is 23.9 Å². The third kappa shape index (κ3) is 2.33. The molecule has 0 spiro atoms. The van der Waals surface area contributed by atoms with Crippen LogP contribution in [0.5, 0.6) is 5.75 Å². The molecule has 1 amide bonds. The molecule has 0 radical (unpaired) electrons. The van der Waals surface area contributed by atoms with E-state index in [2.05, 4.69) is 20.6 Å². The maximum atomic E-state index is 10.5. The third-order valence-electron chi connectivity index (χ3n) is 2.79. The number of imidazole rings is 1. The molecular formula is C13H15N5O2. The fourth-order valence-electron chi connectivity index (χ4n) is 1.95. The molecule has 0 unspecified atom stereocenters. The van der Waals surface area contributed by atoms with Crippen molar-refractivity contribution in [3.8, 4) is 5.75 Å². The van der Waals surface area contributed by atoms with Gasteiger partial charge in [0.05, 0.1) is 7.11 Å². The number of amides is 1. The van der Waals surface area contributed by atoms with Gasteiger partial charge >= 0.3 is 0 Å². The second-order valence-corrected chi connectivity index (χ2v) is 3.92. The Kier molecular flexibility index (Phi) is 3.99. The van der Waals surface area contributed by atoms with Crippen molar-refractivity contribution in [1.29, 1.82) is 5.41 Å². The summed E-state index contributed by atoms with van der Waals surface area (Å²) < 4.78 is 5.27. The predicted molar refractivity (Wildman–Crippen MR) is 78.2 cm³/mol. The van der Waals surface area contributed by atoms with E-state index >= 15 is 0 Å². The monoisotopic (exact) mass is 273 g/mol. The average Bonchev–Trinajstić information content (AvgIpc) is 2.88. The zero-order valence-corrected chi connectivity index (χ0v) is 11.2. The van der Waals surface area contributed by atoms with Crippen LogP contribution in [-0.2, 0) is 4.79 Å². The van der Waals surface area contributed by atoms with Crippen LogP contribution in [0.15, 0.2) is 18.3 Å². The number of H-pyrrole nitrogens is 1. The van der Waals surface area contributed by atoms with Gasteiger partial charge in [-0.25, -0.2) is 4.98 Å². The van der Waals surface area contributed by atoms with E-state index in [0.717, 1.165) is 5.56 Å². The minimum Gasteiger partial charge on any atom is -0.494 e. The van der Waals surface area contributed by atoms with Crippen LogP contribution in [0.2, 0.25) is 0 Å². The Morgan fingerprint density at radius 2 is 2.30 bits per heavy atom. The lowest BCUT2D eigenvalue weighted by Gasteiger charge is -2.06. The minimum atomic E-state index is 0.328. The summed E-state index contributed by atoms with van der Waals surface area (Å²) in [6.45, 7) is 0. The summed E-state index contributed by atoms with van der Waals surface area (Å²) in [5, 5.41) is 12.8. The first-order valence-electron chi connectivity index (χ1n) is 5.90. The summed E-state index contributed by atoms with van der Waals surface area (Å²) in [6, 6.07) is 3.61. The van der Waals surface area contributed by atoms with E-state index < -0.39 is 0 Å². The van der Waals surface area contributed by atoms with Gasteiger partial charge in [0, 0.05) is 30.6 Å². The Balaban J connectivity index is 2.69. The smallest absolute Gasteiger partial charge is 0.213 e. The first-order valence-corrected chi connectivity index (χ1v) is 5.90. The second kappa shape index (κ2) is 5.87. The van der Waals surface area contributed by atoms with Crippen molar-refractivity contribution < 1.29 is 9.53 Å². The zero-order valence-electron chi connectivity index (χ0n) is 11.2. The van der Waals surface area contributed by atoms with E-state index in [1.165, 1.54) is 6.21 Å². The van der Waals surface area contributed by atoms with Crippen molar-refractivity contribution in [3.63, 3.8) is 0 Å². The number of hydrogen-bond acceptors (Lipinski definition) is 5. The van der Waals surface area contributed by atoms with Gasteiger partial charge in [0.15, 0.2) is 0 Å². The molecule has 1 aromatic carbocycles. The Labute approximate surface area is 115 Å². The molecule has 2 aromatic rings. The first-order chi connectivity index (χ1) is 9.74. The molecule has 2 rings (SSSR count). The number of nitrogens with one attached hydrogen (secondary N) is 4. The molecule has 0 aliphatic rings. The summed E-state index contributed by atoms with van der Waals surface area (Å²) in [5.41, 5.74) is 2.72. The maximum Gasteiger partial charge on any atom is 0.213 e. The van der Waals surface area contributed by atoms with E-state index in [-0.39, 0.29) is 0 Å². The van der Waals surface area contributed by atoms with Crippen molar-refractivity contribution in [2.24, 2.45) is 0 Å². The number of ether oxygens (including phenoxy) is 1. The van der Waals surface area contributed by atoms with Crippen LogP contribution in [0.1, 0.15) is 5.56 Å². The predicted octanol–water partition coefficient (Wildman–Crippen LogP) is 1.35. The first kappa shape index (κ1) is 13.6. The summed E-state index contributed by atoms with van der Waals surface area (Å²) in [5.74, 6) is 0.943. The van der Waals surface area contributed by atoms with E-state index in [4.69, 9.17) is 10.1 Å². The number of nitrogens with zero attached hydrogens (tertiary/aromatic N) is 1. The molecule has 0 atom stereocenters. The number of fused-ring (bicyclic) bond motifs is 1. The van der Waals surface area contributed by atoms with Gasteiger partial charge in [0.1, 0.15) is 16.8 Å². The number of methoxy groups -OCH3 is 1. The fourth-order valence-corrected chi connectivity index (χ4v) is 1.95. The van der Waals surface area contributed by atoms with Gasteiger partial charge in [-0.05, 0) is 12.1 Å². The lowest BCUT2D eigenvalue weighted by molar-refractivity contribution is -0.105. The highest BCUT2D eigenvalue weighted by atomic mass is 16.5. The van der Waals surface area contributed by atoms with Crippen molar-refractivity contribution in [2.75, 3.05) is 19.5 Å². The Morgan fingerprint density at radius 3 is 2.90 bits per heavy atom. The van der Waals surface area contributed by atoms with Crippen LogP contribution in [-0.4, -0.2) is 36.8 Å². The number of rotatable bonds is 6. The number of carbonyl (C=O) groups excluding carboxylic acids is 1. The van der Waals surface area contributed by atoms with Gasteiger partial charge < -0.3 is 20.4 Å². The number of allylic oxidation sites excluding steroid dienone is 1. The lowest BCUT2D eigenvalue weighted by Crippen LogP contribution is -1.98. The molecule has 0 saturated carbocycles. The second-order valence-electron chi connectivity index (χ2n) is 3.92. The highest BCUT2D eigenvalue weighted by molar-refractivity contribution is 6.13. The SMILES string of the molecule is CN/C=C(\C=N)c1ccc(OC)c2[nH]c(NC=O)nc12. The summed E-state index contributed by atoms with van der Waals surface area (Å²) in [7, 11) is 3.32. The van der Waals surface area contributed by atoms with Crippen molar-refractivity contribution in [1.82, 2.24) is 15.3 Å². The van der Waals surface area contributed by atoms with E-state index in [9.17, 15) is 4.79 Å². The number of carbonyl (C=O) groups is 1. The fraction of sp³-hybridized carbons (Fsp3) is 0.154. The van der Waals surface area contributed by atoms with Crippen LogP contribution in [0.3, 0.4) is 0 Å². The standard InChI is InChI=1S/C13H15N5O2/c1-15-6-8(5-14)9-3-4-10(20-2)12-11(9)17-13(18-12)16-7-19/h3-7,14-15H,1-2H3,(H2,16,17,18,19)/b8-6+,14-5?. The van der Waals surface area contributed by atoms with Gasteiger partial charge in [0.25, 0.3) is 0 Å². The molecule has 7 nitrogen and oxygen atoms in total. The quantitative estimate of drug-likeness (QED) is 0.471. The number of hydrogen-bond donors (Lipinski definition) is 4. The van der Waals surface area contributed by atoms with Crippen LogP contribution in [0.25, 0.3) is 16.6 Å². The molecule has 1 heterocycles. The van der Waals surface area contributed by atoms with Crippen LogP contribution < -0.4 is 15.4 Å². The molecule has 20 heavy (non-hydrogen) atoms. The molecule has 7 heteroatoms. The molecule has 0 fully saturated rings. The molecule has 0 bridgehead atoms. The van der Waals surface area contributed by atoms with Gasteiger partial charge in [-0.15, -0.1) is 0 Å². The maximum absolute atomic E-state index is 10.5. The van der Waals surface area contributed by atoms with Crippen molar-refractivity contribution >= 4 is 35.2 Å². The molecule has 0 aliphatic heterocycles. The van der Waals surface area contributed by atoms with Crippen LogP contribution >= 0.6 is 0 Å². The highest BCUT2D eigenvalue weighted by Gasteiger charge is 2.14.